The summed E-state index contributed by atoms with van der Waals surface area (Å²) in [6, 6.07) is 7.03. The molecule has 0 spiro atoms. The minimum absolute atomic E-state index is 0.257. The van der Waals surface area contributed by atoms with Crippen molar-refractivity contribution < 1.29 is 9.18 Å². The highest BCUT2D eigenvalue weighted by Gasteiger charge is 2.21. The second-order valence-corrected chi connectivity index (χ2v) is 5.30. The highest BCUT2D eigenvalue weighted by molar-refractivity contribution is 5.91. The first kappa shape index (κ1) is 14.4. The van der Waals surface area contributed by atoms with Gasteiger partial charge in [-0.15, -0.1) is 0 Å². The zero-order valence-electron chi connectivity index (χ0n) is 12.1. The van der Waals surface area contributed by atoms with E-state index in [0.717, 1.165) is 12.8 Å². The van der Waals surface area contributed by atoms with Crippen molar-refractivity contribution in [3.8, 4) is 0 Å². The number of aromatic nitrogens is 2. The van der Waals surface area contributed by atoms with Crippen molar-refractivity contribution in [2.24, 2.45) is 0 Å². The molecule has 1 fully saturated rings. The van der Waals surface area contributed by atoms with Crippen molar-refractivity contribution in [3.05, 3.63) is 53.7 Å². The highest BCUT2D eigenvalue weighted by atomic mass is 19.1. The summed E-state index contributed by atoms with van der Waals surface area (Å²) in [6.07, 6.45) is 5.75. The maximum absolute atomic E-state index is 13.4. The Kier molecular flexibility index (Phi) is 4.27. The van der Waals surface area contributed by atoms with Crippen molar-refractivity contribution in [3.63, 3.8) is 0 Å². The highest BCUT2D eigenvalue weighted by Crippen LogP contribution is 2.23. The number of anilines is 1. The van der Waals surface area contributed by atoms with E-state index in [4.69, 9.17) is 0 Å². The van der Waals surface area contributed by atoms with Crippen LogP contribution in [0, 0.1) is 5.82 Å². The maximum Gasteiger partial charge on any atom is 0.271 e. The van der Waals surface area contributed by atoms with Gasteiger partial charge in [0.05, 0.1) is 12.4 Å². The summed E-state index contributed by atoms with van der Waals surface area (Å²) in [7, 11) is 0. The summed E-state index contributed by atoms with van der Waals surface area (Å²) >= 11 is 0. The number of nitrogens with zero attached hydrogens (tertiary/aromatic N) is 2. The molecule has 1 aromatic carbocycles. The van der Waals surface area contributed by atoms with Crippen molar-refractivity contribution in [2.45, 2.75) is 25.3 Å². The Morgan fingerprint density at radius 3 is 2.73 bits per heavy atom. The summed E-state index contributed by atoms with van der Waals surface area (Å²) in [5.41, 5.74) is 0.841. The van der Waals surface area contributed by atoms with Gasteiger partial charge < -0.3 is 10.6 Å². The Hall–Kier alpha value is -2.50. The first-order chi connectivity index (χ1) is 10.7. The first-order valence-electron chi connectivity index (χ1n) is 7.32. The van der Waals surface area contributed by atoms with Gasteiger partial charge in [-0.05, 0) is 30.9 Å². The smallest absolute Gasteiger partial charge is 0.271 e. The lowest BCUT2D eigenvalue weighted by Gasteiger charge is -2.06. The molecule has 1 aliphatic carbocycles. The zero-order chi connectivity index (χ0) is 15.4. The summed E-state index contributed by atoms with van der Waals surface area (Å²) < 4.78 is 13.4. The molecule has 5 nitrogen and oxygen atoms in total. The van der Waals surface area contributed by atoms with E-state index in [-0.39, 0.29) is 17.4 Å². The fourth-order valence-corrected chi connectivity index (χ4v) is 2.06. The number of hydrogen-bond donors (Lipinski definition) is 2. The average Bonchev–Trinajstić information content (AvgIpc) is 3.34. The van der Waals surface area contributed by atoms with Gasteiger partial charge in [-0.2, -0.15) is 0 Å². The van der Waals surface area contributed by atoms with Crippen molar-refractivity contribution in [1.82, 2.24) is 15.3 Å². The molecule has 2 N–H and O–H groups in total. The summed E-state index contributed by atoms with van der Waals surface area (Å²) in [4.78, 5) is 20.2. The molecule has 1 amide bonds. The lowest BCUT2D eigenvalue weighted by atomic mass is 10.1. The molecule has 22 heavy (non-hydrogen) atoms. The van der Waals surface area contributed by atoms with Crippen molar-refractivity contribution in [1.29, 1.82) is 0 Å². The lowest BCUT2D eigenvalue weighted by molar-refractivity contribution is 0.0948. The van der Waals surface area contributed by atoms with E-state index in [9.17, 15) is 9.18 Å². The van der Waals surface area contributed by atoms with Crippen LogP contribution in [0.4, 0.5) is 10.2 Å². The van der Waals surface area contributed by atoms with Crippen LogP contribution in [0.3, 0.4) is 0 Å². The fraction of sp³-hybridized carbons (Fsp3) is 0.312. The number of benzene rings is 1. The van der Waals surface area contributed by atoms with E-state index in [1.165, 1.54) is 12.3 Å². The third-order valence-corrected chi connectivity index (χ3v) is 3.45. The number of halogens is 1. The minimum Gasteiger partial charge on any atom is -0.366 e. The number of hydrogen-bond acceptors (Lipinski definition) is 4. The third-order valence-electron chi connectivity index (χ3n) is 3.45. The fourth-order valence-electron chi connectivity index (χ4n) is 2.06. The Morgan fingerprint density at radius 1 is 1.23 bits per heavy atom. The summed E-state index contributed by atoms with van der Waals surface area (Å²) in [5.74, 6) is 0.124. The van der Waals surface area contributed by atoms with Crippen LogP contribution >= 0.6 is 0 Å². The molecule has 0 bridgehead atoms. The molecule has 0 atom stereocenters. The van der Waals surface area contributed by atoms with Crippen LogP contribution in [-0.4, -0.2) is 28.5 Å². The molecule has 0 radical (unpaired) electrons. The number of amides is 1. The Labute approximate surface area is 128 Å². The summed E-state index contributed by atoms with van der Waals surface area (Å²) in [5, 5.41) is 5.92. The Balaban J connectivity index is 1.50. The average molecular weight is 300 g/mol. The Bertz CT molecular complexity index is 655. The molecule has 6 heteroatoms. The van der Waals surface area contributed by atoms with Gasteiger partial charge in [-0.3, -0.25) is 4.79 Å². The maximum atomic E-state index is 13.4. The number of carbonyl (C=O) groups excluding carboxylic acids is 1. The second-order valence-electron chi connectivity index (χ2n) is 5.30. The molecule has 114 valence electrons. The van der Waals surface area contributed by atoms with Crippen LogP contribution in [0.15, 0.2) is 36.7 Å². The SMILES string of the molecule is O=C(NCCc1ccccc1F)c1cnc(NC2CC2)cn1. The normalized spacial score (nSPS) is 13.7. The lowest BCUT2D eigenvalue weighted by Crippen LogP contribution is -2.27. The van der Waals surface area contributed by atoms with E-state index in [1.807, 2.05) is 0 Å². The van der Waals surface area contributed by atoms with Crippen molar-refractivity contribution >= 4 is 11.7 Å². The van der Waals surface area contributed by atoms with E-state index >= 15 is 0 Å². The summed E-state index contributed by atoms with van der Waals surface area (Å²) in [6.45, 7) is 0.351. The van der Waals surface area contributed by atoms with Crippen LogP contribution in [-0.2, 0) is 6.42 Å². The van der Waals surface area contributed by atoms with Crippen molar-refractivity contribution in [2.75, 3.05) is 11.9 Å². The molecule has 0 unspecified atom stereocenters. The third kappa shape index (κ3) is 3.78. The topological polar surface area (TPSA) is 66.9 Å². The molecule has 1 aromatic heterocycles. The van der Waals surface area contributed by atoms with Gasteiger partial charge in [0, 0.05) is 12.6 Å². The zero-order valence-corrected chi connectivity index (χ0v) is 12.1. The monoisotopic (exact) mass is 300 g/mol. The number of nitrogens with one attached hydrogen (secondary N) is 2. The van der Waals surface area contributed by atoms with Gasteiger partial charge in [0.25, 0.3) is 5.91 Å². The molecule has 0 aliphatic heterocycles. The predicted octanol–water partition coefficient (Wildman–Crippen LogP) is 2.16. The van der Waals surface area contributed by atoms with Gasteiger partial charge in [0.15, 0.2) is 0 Å². The van der Waals surface area contributed by atoms with Crippen LogP contribution in [0.1, 0.15) is 28.9 Å². The van der Waals surface area contributed by atoms with Gasteiger partial charge in [-0.1, -0.05) is 18.2 Å². The van der Waals surface area contributed by atoms with E-state index in [0.29, 0.717) is 30.4 Å². The van der Waals surface area contributed by atoms with Crippen LogP contribution < -0.4 is 10.6 Å². The largest absolute Gasteiger partial charge is 0.366 e. The van der Waals surface area contributed by atoms with E-state index in [1.54, 1.807) is 24.4 Å². The first-order valence-corrected chi connectivity index (χ1v) is 7.32. The van der Waals surface area contributed by atoms with Crippen LogP contribution in [0.25, 0.3) is 0 Å². The van der Waals surface area contributed by atoms with E-state index in [2.05, 4.69) is 20.6 Å². The number of carbonyl (C=O) groups is 1. The molecular formula is C16H17FN4O. The molecule has 1 aliphatic rings. The molecule has 0 saturated heterocycles. The van der Waals surface area contributed by atoms with Crippen LogP contribution in [0.2, 0.25) is 0 Å². The standard InChI is InChI=1S/C16H17FN4O/c17-13-4-2-1-3-11(13)7-8-18-16(22)14-9-20-15(10-19-14)21-12-5-6-12/h1-4,9-10,12H,5-8H2,(H,18,22)(H,20,21). The van der Waals surface area contributed by atoms with Gasteiger partial charge in [-0.25, -0.2) is 14.4 Å². The Morgan fingerprint density at radius 2 is 2.05 bits per heavy atom. The minimum atomic E-state index is -0.304. The van der Waals surface area contributed by atoms with Crippen LogP contribution in [0.5, 0.6) is 0 Å². The number of rotatable bonds is 6. The quantitative estimate of drug-likeness (QED) is 0.858. The van der Waals surface area contributed by atoms with Gasteiger partial charge in [0.1, 0.15) is 17.3 Å². The molecule has 2 aromatic rings. The molecule has 3 rings (SSSR count). The van der Waals surface area contributed by atoms with Gasteiger partial charge in [0.2, 0.25) is 0 Å². The van der Waals surface area contributed by atoms with Gasteiger partial charge >= 0.3 is 0 Å². The van der Waals surface area contributed by atoms with E-state index < -0.39 is 0 Å². The second kappa shape index (κ2) is 6.51. The molecule has 1 heterocycles. The predicted molar refractivity (Wildman–Crippen MR) is 81.1 cm³/mol. The molecule has 1 saturated carbocycles. The molecular weight excluding hydrogens is 283 g/mol.